The summed E-state index contributed by atoms with van der Waals surface area (Å²) in [5, 5.41) is 12.8. The van der Waals surface area contributed by atoms with E-state index in [9.17, 15) is 4.79 Å². The largest absolute Gasteiger partial charge is 0.481 e. The van der Waals surface area contributed by atoms with Crippen molar-refractivity contribution in [2.24, 2.45) is 0 Å². The van der Waals surface area contributed by atoms with E-state index in [4.69, 9.17) is 5.11 Å². The number of fused-ring (bicyclic) bond motifs is 1. The van der Waals surface area contributed by atoms with Crippen LogP contribution in [0.2, 0.25) is 0 Å². The summed E-state index contributed by atoms with van der Waals surface area (Å²) in [4.78, 5) is 11.0. The molecule has 3 heteroatoms. The van der Waals surface area contributed by atoms with Gasteiger partial charge in [-0.2, -0.15) is 0 Å². The zero-order chi connectivity index (χ0) is 16.8. The minimum Gasteiger partial charge on any atom is -0.481 e. The van der Waals surface area contributed by atoms with Gasteiger partial charge in [0.1, 0.15) is 0 Å². The second-order valence-corrected chi connectivity index (χ2v) is 6.69. The second-order valence-electron chi connectivity index (χ2n) is 6.69. The number of hydrogen-bond acceptors (Lipinski definition) is 2. The highest BCUT2D eigenvalue weighted by Gasteiger charge is 2.21. The quantitative estimate of drug-likeness (QED) is 0.818. The predicted octanol–water partition coefficient (Wildman–Crippen LogP) is 3.61. The molecular weight excluding hydrogens is 298 g/mol. The van der Waals surface area contributed by atoms with Crippen LogP contribution >= 0.6 is 0 Å². The van der Waals surface area contributed by atoms with Gasteiger partial charge in [-0.05, 0) is 48.8 Å². The van der Waals surface area contributed by atoms with Crippen LogP contribution in [0, 0.1) is 0 Å². The van der Waals surface area contributed by atoms with Gasteiger partial charge in [0.25, 0.3) is 0 Å². The Kier molecular flexibility index (Phi) is 5.65. The zero-order valence-corrected chi connectivity index (χ0v) is 13.9. The van der Waals surface area contributed by atoms with E-state index in [1.807, 2.05) is 18.2 Å². The Balaban J connectivity index is 1.64. The van der Waals surface area contributed by atoms with Crippen LogP contribution in [-0.4, -0.2) is 23.2 Å². The fourth-order valence-electron chi connectivity index (χ4n) is 3.61. The van der Waals surface area contributed by atoms with Gasteiger partial charge in [0.15, 0.2) is 0 Å². The molecule has 0 aliphatic heterocycles. The van der Waals surface area contributed by atoms with Crippen LogP contribution in [0.3, 0.4) is 0 Å². The second kappa shape index (κ2) is 8.11. The molecule has 2 atom stereocenters. The first-order valence-corrected chi connectivity index (χ1v) is 8.79. The third-order valence-corrected chi connectivity index (χ3v) is 4.85. The van der Waals surface area contributed by atoms with Gasteiger partial charge in [-0.15, -0.1) is 0 Å². The molecule has 24 heavy (non-hydrogen) atoms. The monoisotopic (exact) mass is 323 g/mol. The van der Waals surface area contributed by atoms with Gasteiger partial charge in [0.2, 0.25) is 0 Å². The van der Waals surface area contributed by atoms with Crippen LogP contribution in [0.15, 0.2) is 54.6 Å². The van der Waals surface area contributed by atoms with Gasteiger partial charge >= 0.3 is 5.97 Å². The molecule has 0 aromatic heterocycles. The first-order chi connectivity index (χ1) is 11.7. The molecule has 0 saturated heterocycles. The molecule has 2 unspecified atom stereocenters. The van der Waals surface area contributed by atoms with E-state index in [0.717, 1.165) is 25.7 Å². The van der Waals surface area contributed by atoms with E-state index < -0.39 is 5.97 Å². The third-order valence-electron chi connectivity index (χ3n) is 4.85. The molecule has 1 aliphatic rings. The third kappa shape index (κ3) is 4.68. The summed E-state index contributed by atoms with van der Waals surface area (Å²) < 4.78 is 0. The van der Waals surface area contributed by atoms with Gasteiger partial charge < -0.3 is 10.4 Å². The van der Waals surface area contributed by atoms with Gasteiger partial charge in [-0.25, -0.2) is 0 Å². The summed E-state index contributed by atoms with van der Waals surface area (Å²) >= 11 is 0. The number of carboxylic acid groups (broad SMARTS) is 1. The molecule has 0 radical (unpaired) electrons. The van der Waals surface area contributed by atoms with Crippen LogP contribution in [0.4, 0.5) is 0 Å². The topological polar surface area (TPSA) is 49.3 Å². The highest BCUT2D eigenvalue weighted by Crippen LogP contribution is 2.22. The fourth-order valence-corrected chi connectivity index (χ4v) is 3.61. The van der Waals surface area contributed by atoms with Crippen molar-refractivity contribution in [3.8, 4) is 0 Å². The van der Waals surface area contributed by atoms with E-state index in [1.165, 1.54) is 16.7 Å². The van der Waals surface area contributed by atoms with Crippen LogP contribution in [0.1, 0.15) is 36.0 Å². The Hall–Kier alpha value is -2.13. The lowest BCUT2D eigenvalue weighted by Gasteiger charge is -2.30. The lowest BCUT2D eigenvalue weighted by Crippen LogP contribution is -2.43. The number of hydrogen-bond donors (Lipinski definition) is 2. The molecule has 2 N–H and O–H groups in total. The Morgan fingerprint density at radius 3 is 2.54 bits per heavy atom. The maximum atomic E-state index is 11.0. The van der Waals surface area contributed by atoms with Crippen LogP contribution in [-0.2, 0) is 24.1 Å². The molecule has 0 bridgehead atoms. The summed E-state index contributed by atoms with van der Waals surface area (Å²) in [6, 6.07) is 19.6. The summed E-state index contributed by atoms with van der Waals surface area (Å²) in [5.41, 5.74) is 4.15. The Morgan fingerprint density at radius 2 is 1.79 bits per heavy atom. The van der Waals surface area contributed by atoms with Gasteiger partial charge in [-0.1, -0.05) is 54.6 Å². The van der Waals surface area contributed by atoms with E-state index in [2.05, 4.69) is 41.7 Å². The number of rotatable bonds is 7. The Bertz CT molecular complexity index is 669. The average Bonchev–Trinajstić information content (AvgIpc) is 2.60. The molecule has 0 spiro atoms. The summed E-state index contributed by atoms with van der Waals surface area (Å²) in [6.07, 6.45) is 5.02. The average molecular weight is 323 g/mol. The summed E-state index contributed by atoms with van der Waals surface area (Å²) in [5.74, 6) is -0.719. The fraction of sp³-hybridized carbons (Fsp3) is 0.381. The van der Waals surface area contributed by atoms with Crippen molar-refractivity contribution < 1.29 is 9.90 Å². The highest BCUT2D eigenvalue weighted by atomic mass is 16.4. The molecule has 0 amide bonds. The van der Waals surface area contributed by atoms with Gasteiger partial charge in [0.05, 0.1) is 0 Å². The molecule has 2 aromatic rings. The standard InChI is InChI=1S/C21H25NO2/c23-21(24)13-12-19(14-16-6-2-1-3-7-16)22-20-11-10-17-8-4-5-9-18(17)15-20/h1-9,19-20,22H,10-15H2,(H,23,24). The minimum absolute atomic E-state index is 0.207. The lowest BCUT2D eigenvalue weighted by atomic mass is 9.87. The Labute approximate surface area is 143 Å². The predicted molar refractivity (Wildman–Crippen MR) is 96.2 cm³/mol. The summed E-state index contributed by atoms with van der Waals surface area (Å²) in [7, 11) is 0. The van der Waals surface area contributed by atoms with Crippen LogP contribution in [0.25, 0.3) is 0 Å². The van der Waals surface area contributed by atoms with Crippen molar-refractivity contribution in [1.29, 1.82) is 0 Å². The zero-order valence-electron chi connectivity index (χ0n) is 13.9. The van der Waals surface area contributed by atoms with Crippen LogP contribution < -0.4 is 5.32 Å². The van der Waals surface area contributed by atoms with Crippen molar-refractivity contribution >= 4 is 5.97 Å². The molecular formula is C21H25NO2. The van der Waals surface area contributed by atoms with Crippen molar-refractivity contribution in [2.45, 2.75) is 50.6 Å². The molecule has 3 rings (SSSR count). The number of carboxylic acids is 1. The van der Waals surface area contributed by atoms with E-state index in [1.54, 1.807) is 0 Å². The smallest absolute Gasteiger partial charge is 0.303 e. The van der Waals surface area contributed by atoms with E-state index in [-0.39, 0.29) is 12.5 Å². The maximum absolute atomic E-state index is 11.0. The minimum atomic E-state index is -0.719. The van der Waals surface area contributed by atoms with Crippen LogP contribution in [0.5, 0.6) is 0 Å². The molecule has 126 valence electrons. The number of nitrogens with one attached hydrogen (secondary N) is 1. The number of aliphatic carboxylic acids is 1. The van der Waals surface area contributed by atoms with E-state index >= 15 is 0 Å². The number of carbonyl (C=O) groups is 1. The first-order valence-electron chi connectivity index (χ1n) is 8.79. The van der Waals surface area contributed by atoms with E-state index in [0.29, 0.717) is 12.5 Å². The maximum Gasteiger partial charge on any atom is 0.303 e. The van der Waals surface area contributed by atoms with Crippen molar-refractivity contribution in [3.05, 3.63) is 71.3 Å². The van der Waals surface area contributed by atoms with Crippen molar-refractivity contribution in [1.82, 2.24) is 5.32 Å². The molecule has 0 heterocycles. The van der Waals surface area contributed by atoms with Gasteiger partial charge in [0, 0.05) is 18.5 Å². The van der Waals surface area contributed by atoms with Gasteiger partial charge in [-0.3, -0.25) is 4.79 Å². The normalized spacial score (nSPS) is 17.9. The molecule has 3 nitrogen and oxygen atoms in total. The lowest BCUT2D eigenvalue weighted by molar-refractivity contribution is -0.137. The SMILES string of the molecule is O=C(O)CCC(Cc1ccccc1)NC1CCc2ccccc2C1. The summed E-state index contributed by atoms with van der Waals surface area (Å²) in [6.45, 7) is 0. The first kappa shape index (κ1) is 16.7. The molecule has 2 aromatic carbocycles. The Morgan fingerprint density at radius 1 is 1.08 bits per heavy atom. The molecule has 0 saturated carbocycles. The number of benzene rings is 2. The van der Waals surface area contributed by atoms with Crippen molar-refractivity contribution in [3.63, 3.8) is 0 Å². The molecule has 0 fully saturated rings. The highest BCUT2D eigenvalue weighted by molar-refractivity contribution is 5.66. The van der Waals surface area contributed by atoms with Crippen molar-refractivity contribution in [2.75, 3.05) is 0 Å². The molecule has 1 aliphatic carbocycles. The number of aryl methyl sites for hydroxylation is 1.